The number of nitrogens with zero attached hydrogens (tertiary/aromatic N) is 3. The lowest BCUT2D eigenvalue weighted by Crippen LogP contribution is -2.12. The van der Waals surface area contributed by atoms with Crippen molar-refractivity contribution in [2.24, 2.45) is 10.1 Å². The van der Waals surface area contributed by atoms with Gasteiger partial charge in [-0.1, -0.05) is 40.2 Å². The van der Waals surface area contributed by atoms with Gasteiger partial charge in [-0.25, -0.2) is 4.68 Å². The molecule has 0 atom stereocenters. The molecule has 0 fully saturated rings. The molecule has 2 aromatic carbocycles. The van der Waals surface area contributed by atoms with E-state index in [0.29, 0.717) is 12.3 Å². The molecule has 0 unspecified atom stereocenters. The summed E-state index contributed by atoms with van der Waals surface area (Å²) < 4.78 is 13.7. The Morgan fingerprint density at radius 2 is 2.00 bits per heavy atom. The summed E-state index contributed by atoms with van der Waals surface area (Å²) in [6.07, 6.45) is 3.57. The summed E-state index contributed by atoms with van der Waals surface area (Å²) in [6.45, 7) is 4.26. The van der Waals surface area contributed by atoms with Crippen LogP contribution in [0.5, 0.6) is 11.5 Å². The molecule has 0 aliphatic carbocycles. The van der Waals surface area contributed by atoms with Crippen LogP contribution in [0.4, 0.5) is 0 Å². The van der Waals surface area contributed by atoms with Gasteiger partial charge < -0.3 is 9.47 Å². The lowest BCUT2D eigenvalue weighted by Gasteiger charge is -2.11. The molecule has 0 bridgehead atoms. The summed E-state index contributed by atoms with van der Waals surface area (Å²) in [4.78, 5) is 5.34. The Bertz CT molecular complexity index is 1070. The van der Waals surface area contributed by atoms with Crippen LogP contribution in [0.1, 0.15) is 5.56 Å². The lowest BCUT2D eigenvalue weighted by molar-refractivity contribution is 0.395. The normalized spacial score (nSPS) is 11.8. The maximum atomic E-state index is 5.57. The zero-order valence-corrected chi connectivity index (χ0v) is 18.0. The zero-order chi connectivity index (χ0) is 19.9. The van der Waals surface area contributed by atoms with Gasteiger partial charge in [0.1, 0.15) is 11.5 Å². The van der Waals surface area contributed by atoms with E-state index in [1.165, 1.54) is 11.3 Å². The number of methoxy groups -OCH3 is 2. The first-order valence-electron chi connectivity index (χ1n) is 8.51. The molecule has 0 amide bonds. The number of benzene rings is 2. The van der Waals surface area contributed by atoms with E-state index in [-0.39, 0.29) is 0 Å². The maximum absolute atomic E-state index is 5.57. The molecule has 0 N–H and O–H groups in total. The molecule has 0 saturated heterocycles. The third-order valence-corrected chi connectivity index (χ3v) is 5.52. The van der Waals surface area contributed by atoms with Gasteiger partial charge in [-0.2, -0.15) is 5.10 Å². The molecule has 0 radical (unpaired) electrons. The van der Waals surface area contributed by atoms with Crippen LogP contribution in [0.15, 0.2) is 75.1 Å². The quantitative estimate of drug-likeness (QED) is 0.371. The zero-order valence-electron chi connectivity index (χ0n) is 15.6. The summed E-state index contributed by atoms with van der Waals surface area (Å²) in [6, 6.07) is 13.6. The molecule has 7 heteroatoms. The highest BCUT2D eigenvalue weighted by Crippen LogP contribution is 2.33. The highest BCUT2D eigenvalue weighted by molar-refractivity contribution is 9.10. The van der Waals surface area contributed by atoms with Gasteiger partial charge >= 0.3 is 0 Å². The standard InChI is InChI=1S/C21H20BrN3O2S/c1-4-11-23-21-25(24-13-15-7-5-6-8-18(15)22)19(14-28-21)17-10-9-16(26-2)12-20(17)27-3/h4-10,12-14H,1,11H2,2-3H3. The molecule has 1 heterocycles. The van der Waals surface area contributed by atoms with Crippen LogP contribution in [0.2, 0.25) is 0 Å². The van der Waals surface area contributed by atoms with Crippen LogP contribution in [0.3, 0.4) is 0 Å². The molecule has 5 nitrogen and oxygen atoms in total. The highest BCUT2D eigenvalue weighted by Gasteiger charge is 2.13. The third kappa shape index (κ3) is 4.43. The average Bonchev–Trinajstić information content (AvgIpc) is 3.13. The maximum Gasteiger partial charge on any atom is 0.206 e. The molecular weight excluding hydrogens is 438 g/mol. The smallest absolute Gasteiger partial charge is 0.206 e. The van der Waals surface area contributed by atoms with Crippen LogP contribution in [0, 0.1) is 0 Å². The Hall–Kier alpha value is -2.64. The monoisotopic (exact) mass is 457 g/mol. The van der Waals surface area contributed by atoms with Crippen molar-refractivity contribution in [3.05, 3.63) is 75.3 Å². The van der Waals surface area contributed by atoms with E-state index in [9.17, 15) is 0 Å². The van der Waals surface area contributed by atoms with Crippen LogP contribution in [0.25, 0.3) is 11.3 Å². The first kappa shape index (κ1) is 20.1. The first-order valence-corrected chi connectivity index (χ1v) is 10.2. The van der Waals surface area contributed by atoms with Gasteiger partial charge in [0.25, 0.3) is 0 Å². The van der Waals surface area contributed by atoms with Gasteiger partial charge in [0.2, 0.25) is 4.80 Å². The van der Waals surface area contributed by atoms with Crippen molar-refractivity contribution >= 4 is 33.5 Å². The SMILES string of the molecule is C=CCN=c1scc(-c2ccc(OC)cc2OC)n1N=Cc1ccccc1Br. The molecule has 0 aliphatic rings. The second-order valence-corrected chi connectivity index (χ2v) is 7.37. The number of hydrogen-bond acceptors (Lipinski definition) is 5. The van der Waals surface area contributed by atoms with Crippen LogP contribution < -0.4 is 14.3 Å². The number of rotatable bonds is 7. The van der Waals surface area contributed by atoms with Gasteiger partial charge in [0.15, 0.2) is 0 Å². The Kier molecular flexibility index (Phi) is 6.84. The van der Waals surface area contributed by atoms with Crippen molar-refractivity contribution in [3.63, 3.8) is 0 Å². The van der Waals surface area contributed by atoms with Crippen molar-refractivity contribution in [1.29, 1.82) is 0 Å². The molecule has 0 saturated carbocycles. The van der Waals surface area contributed by atoms with E-state index in [1.807, 2.05) is 58.7 Å². The number of thiazole rings is 1. The van der Waals surface area contributed by atoms with Gasteiger partial charge in [-0.15, -0.1) is 17.9 Å². The Balaban J connectivity index is 2.14. The second-order valence-electron chi connectivity index (χ2n) is 5.68. The summed E-state index contributed by atoms with van der Waals surface area (Å²) in [7, 11) is 3.27. The van der Waals surface area contributed by atoms with Gasteiger partial charge in [-0.05, 0) is 18.2 Å². The first-order chi connectivity index (χ1) is 13.7. The number of ether oxygens (including phenoxy) is 2. The van der Waals surface area contributed by atoms with E-state index >= 15 is 0 Å². The molecule has 144 valence electrons. The van der Waals surface area contributed by atoms with Crippen LogP contribution in [-0.2, 0) is 0 Å². The minimum absolute atomic E-state index is 0.518. The van der Waals surface area contributed by atoms with Crippen molar-refractivity contribution in [1.82, 2.24) is 4.68 Å². The number of hydrogen-bond donors (Lipinski definition) is 0. The summed E-state index contributed by atoms with van der Waals surface area (Å²) in [5.41, 5.74) is 2.77. The topological polar surface area (TPSA) is 48.1 Å². The fourth-order valence-electron chi connectivity index (χ4n) is 2.56. The molecule has 1 aromatic heterocycles. The van der Waals surface area contributed by atoms with E-state index < -0.39 is 0 Å². The fourth-order valence-corrected chi connectivity index (χ4v) is 3.78. The van der Waals surface area contributed by atoms with Crippen LogP contribution >= 0.6 is 27.3 Å². The molecular formula is C21H20BrN3O2S. The second kappa shape index (κ2) is 9.52. The highest BCUT2D eigenvalue weighted by atomic mass is 79.9. The number of halogens is 1. The predicted octanol–water partition coefficient (Wildman–Crippen LogP) is 4.97. The van der Waals surface area contributed by atoms with E-state index in [4.69, 9.17) is 14.6 Å². The predicted molar refractivity (Wildman–Crippen MR) is 119 cm³/mol. The summed E-state index contributed by atoms with van der Waals surface area (Å²) in [5, 5.41) is 6.72. The van der Waals surface area contributed by atoms with Crippen molar-refractivity contribution in [3.8, 4) is 22.8 Å². The molecule has 28 heavy (non-hydrogen) atoms. The number of aromatic nitrogens is 1. The van der Waals surface area contributed by atoms with Crippen molar-refractivity contribution in [2.45, 2.75) is 0 Å². The summed E-state index contributed by atoms with van der Waals surface area (Å²) >= 11 is 5.07. The molecule has 0 aliphatic heterocycles. The summed E-state index contributed by atoms with van der Waals surface area (Å²) in [5.74, 6) is 1.44. The fraction of sp³-hybridized carbons (Fsp3) is 0.143. The van der Waals surface area contributed by atoms with Crippen molar-refractivity contribution in [2.75, 3.05) is 20.8 Å². The molecule has 3 rings (SSSR count). The minimum Gasteiger partial charge on any atom is -0.497 e. The molecule has 0 spiro atoms. The average molecular weight is 458 g/mol. The van der Waals surface area contributed by atoms with Gasteiger partial charge in [0.05, 0.1) is 32.7 Å². The Morgan fingerprint density at radius 3 is 2.71 bits per heavy atom. The minimum atomic E-state index is 0.518. The largest absolute Gasteiger partial charge is 0.497 e. The van der Waals surface area contributed by atoms with Crippen LogP contribution in [-0.4, -0.2) is 31.7 Å². The van der Waals surface area contributed by atoms with E-state index in [1.54, 1.807) is 20.3 Å². The Morgan fingerprint density at radius 1 is 1.18 bits per heavy atom. The Labute approximate surface area is 176 Å². The van der Waals surface area contributed by atoms with E-state index in [0.717, 1.165) is 31.8 Å². The van der Waals surface area contributed by atoms with Crippen molar-refractivity contribution < 1.29 is 9.47 Å². The van der Waals surface area contributed by atoms with E-state index in [2.05, 4.69) is 27.5 Å². The van der Waals surface area contributed by atoms with Gasteiger partial charge in [-0.3, -0.25) is 4.99 Å². The third-order valence-electron chi connectivity index (χ3n) is 3.94. The molecule has 3 aromatic rings. The van der Waals surface area contributed by atoms with Gasteiger partial charge in [0, 0.05) is 27.0 Å². The lowest BCUT2D eigenvalue weighted by atomic mass is 10.1.